The van der Waals surface area contributed by atoms with E-state index in [1.807, 2.05) is 6.07 Å². The normalized spacial score (nSPS) is 12.0. The molecule has 6 heteroatoms. The molecule has 0 amide bonds. The van der Waals surface area contributed by atoms with Crippen molar-refractivity contribution in [2.75, 3.05) is 24.7 Å². The van der Waals surface area contributed by atoms with Gasteiger partial charge < -0.3 is 4.90 Å². The Kier molecular flexibility index (Phi) is 4.64. The molecular formula is C13H17BrN2O2S. The monoisotopic (exact) mass is 344 g/mol. The second kappa shape index (κ2) is 5.51. The van der Waals surface area contributed by atoms with Gasteiger partial charge in [0, 0.05) is 24.3 Å². The van der Waals surface area contributed by atoms with E-state index in [2.05, 4.69) is 22.0 Å². The van der Waals surface area contributed by atoms with E-state index in [0.29, 0.717) is 12.1 Å². The number of hydrogen-bond acceptors (Lipinski definition) is 4. The Balaban J connectivity index is 3.10. The summed E-state index contributed by atoms with van der Waals surface area (Å²) in [7, 11) is -1.38. The fraction of sp³-hybridized carbons (Fsp3) is 0.462. The van der Waals surface area contributed by atoms with Gasteiger partial charge in [-0.2, -0.15) is 5.26 Å². The third-order valence-electron chi connectivity index (χ3n) is 3.11. The fourth-order valence-electron chi connectivity index (χ4n) is 1.70. The van der Waals surface area contributed by atoms with Gasteiger partial charge in [0.05, 0.1) is 16.0 Å². The highest BCUT2D eigenvalue weighted by Crippen LogP contribution is 2.26. The lowest BCUT2D eigenvalue weighted by Crippen LogP contribution is -2.42. The molecule has 104 valence electrons. The van der Waals surface area contributed by atoms with E-state index in [1.165, 1.54) is 6.26 Å². The summed E-state index contributed by atoms with van der Waals surface area (Å²) in [6, 6.07) is 7.48. The van der Waals surface area contributed by atoms with Gasteiger partial charge >= 0.3 is 0 Å². The predicted octanol–water partition coefficient (Wildman–Crippen LogP) is 2.58. The molecule has 0 radical (unpaired) electrons. The Morgan fingerprint density at radius 1 is 1.42 bits per heavy atom. The lowest BCUT2D eigenvalue weighted by molar-refractivity contribution is 0.550. The highest BCUT2D eigenvalue weighted by atomic mass is 79.9. The van der Waals surface area contributed by atoms with E-state index in [1.54, 1.807) is 37.9 Å². The third-order valence-corrected chi connectivity index (χ3v) is 5.74. The molecule has 4 nitrogen and oxygen atoms in total. The lowest BCUT2D eigenvalue weighted by atomic mass is 10.1. The third kappa shape index (κ3) is 3.71. The van der Waals surface area contributed by atoms with Crippen molar-refractivity contribution in [2.45, 2.75) is 18.6 Å². The molecule has 0 bridgehead atoms. The first kappa shape index (κ1) is 16.0. The minimum absolute atomic E-state index is 0.322. The van der Waals surface area contributed by atoms with Crippen LogP contribution in [-0.4, -0.2) is 33.0 Å². The van der Waals surface area contributed by atoms with Crippen LogP contribution in [0.4, 0.5) is 5.69 Å². The SMILES string of the molecule is CN(CC(C)(C)S(C)(=O)=O)c1ccc(Br)cc1C#N. The summed E-state index contributed by atoms with van der Waals surface area (Å²) in [6.07, 6.45) is 1.23. The Labute approximate surface area is 123 Å². The van der Waals surface area contributed by atoms with Crippen LogP contribution in [0.15, 0.2) is 22.7 Å². The van der Waals surface area contributed by atoms with Crippen LogP contribution in [0.25, 0.3) is 0 Å². The fourth-order valence-corrected chi connectivity index (χ4v) is 2.49. The van der Waals surface area contributed by atoms with Gasteiger partial charge in [0.15, 0.2) is 9.84 Å². The average Bonchev–Trinajstić information content (AvgIpc) is 2.26. The molecule has 0 aliphatic heterocycles. The van der Waals surface area contributed by atoms with Crippen LogP contribution >= 0.6 is 15.9 Å². The highest BCUT2D eigenvalue weighted by molar-refractivity contribution is 9.10. The number of anilines is 1. The van der Waals surface area contributed by atoms with Gasteiger partial charge in [0.25, 0.3) is 0 Å². The average molecular weight is 345 g/mol. The van der Waals surface area contributed by atoms with Gasteiger partial charge in [-0.05, 0) is 32.0 Å². The Hall–Kier alpha value is -1.06. The zero-order chi connectivity index (χ0) is 14.8. The summed E-state index contributed by atoms with van der Waals surface area (Å²) >= 11 is 3.31. The number of sulfone groups is 1. The van der Waals surface area contributed by atoms with Crippen LogP contribution in [0.2, 0.25) is 0 Å². The van der Waals surface area contributed by atoms with Crippen molar-refractivity contribution in [3.8, 4) is 6.07 Å². The molecule has 19 heavy (non-hydrogen) atoms. The van der Waals surface area contributed by atoms with Gasteiger partial charge in [-0.1, -0.05) is 15.9 Å². The van der Waals surface area contributed by atoms with E-state index in [-0.39, 0.29) is 0 Å². The Morgan fingerprint density at radius 2 is 2.00 bits per heavy atom. The first-order valence-corrected chi connectivity index (χ1v) is 8.37. The molecule has 0 aromatic heterocycles. The van der Waals surface area contributed by atoms with Crippen LogP contribution < -0.4 is 4.90 Å². The molecule has 0 N–H and O–H groups in total. The van der Waals surface area contributed by atoms with Crippen molar-refractivity contribution in [2.24, 2.45) is 0 Å². The summed E-state index contributed by atoms with van der Waals surface area (Å²) in [5.74, 6) is 0. The molecule has 0 unspecified atom stereocenters. The minimum Gasteiger partial charge on any atom is -0.372 e. The molecule has 0 saturated carbocycles. The molecule has 0 atom stereocenters. The van der Waals surface area contributed by atoms with Crippen molar-refractivity contribution in [3.05, 3.63) is 28.2 Å². The highest BCUT2D eigenvalue weighted by Gasteiger charge is 2.32. The molecule has 0 spiro atoms. The molecular weight excluding hydrogens is 328 g/mol. The molecule has 1 aromatic rings. The van der Waals surface area contributed by atoms with Gasteiger partial charge in [-0.3, -0.25) is 0 Å². The number of hydrogen-bond donors (Lipinski definition) is 0. The van der Waals surface area contributed by atoms with Crippen LogP contribution in [0, 0.1) is 11.3 Å². The van der Waals surface area contributed by atoms with E-state index < -0.39 is 14.6 Å². The largest absolute Gasteiger partial charge is 0.372 e. The summed E-state index contributed by atoms with van der Waals surface area (Å²) in [4.78, 5) is 1.80. The molecule has 0 saturated heterocycles. The van der Waals surface area contributed by atoms with E-state index in [0.717, 1.165) is 10.2 Å². The van der Waals surface area contributed by atoms with Gasteiger partial charge in [0.1, 0.15) is 6.07 Å². The van der Waals surface area contributed by atoms with Crippen molar-refractivity contribution >= 4 is 31.5 Å². The van der Waals surface area contributed by atoms with E-state index in [4.69, 9.17) is 5.26 Å². The Bertz CT molecular complexity index is 618. The first-order chi connectivity index (χ1) is 8.58. The number of benzene rings is 1. The summed E-state index contributed by atoms with van der Waals surface area (Å²) < 4.78 is 23.4. The van der Waals surface area contributed by atoms with Crippen LogP contribution in [0.3, 0.4) is 0 Å². The first-order valence-electron chi connectivity index (χ1n) is 5.69. The number of nitriles is 1. The lowest BCUT2D eigenvalue weighted by Gasteiger charge is -2.30. The molecule has 1 rings (SSSR count). The maximum absolute atomic E-state index is 11.7. The smallest absolute Gasteiger partial charge is 0.154 e. The van der Waals surface area contributed by atoms with Crippen molar-refractivity contribution in [3.63, 3.8) is 0 Å². The zero-order valence-electron chi connectivity index (χ0n) is 11.4. The van der Waals surface area contributed by atoms with Crippen molar-refractivity contribution in [1.29, 1.82) is 5.26 Å². The predicted molar refractivity (Wildman–Crippen MR) is 81.0 cm³/mol. The number of halogens is 1. The van der Waals surface area contributed by atoms with E-state index >= 15 is 0 Å². The van der Waals surface area contributed by atoms with Crippen molar-refractivity contribution < 1.29 is 8.42 Å². The molecule has 0 aliphatic carbocycles. The van der Waals surface area contributed by atoms with Gasteiger partial charge in [-0.25, -0.2) is 8.42 Å². The van der Waals surface area contributed by atoms with Gasteiger partial charge in [0.2, 0.25) is 0 Å². The topological polar surface area (TPSA) is 61.2 Å². The quantitative estimate of drug-likeness (QED) is 0.842. The molecule has 1 aromatic carbocycles. The van der Waals surface area contributed by atoms with Crippen LogP contribution in [0.5, 0.6) is 0 Å². The Morgan fingerprint density at radius 3 is 2.47 bits per heavy atom. The minimum atomic E-state index is -3.17. The van der Waals surface area contributed by atoms with Crippen LogP contribution in [0.1, 0.15) is 19.4 Å². The maximum Gasteiger partial charge on any atom is 0.154 e. The zero-order valence-corrected chi connectivity index (χ0v) is 13.8. The van der Waals surface area contributed by atoms with E-state index in [9.17, 15) is 8.42 Å². The van der Waals surface area contributed by atoms with Crippen LogP contribution in [-0.2, 0) is 9.84 Å². The van der Waals surface area contributed by atoms with Crippen molar-refractivity contribution in [1.82, 2.24) is 0 Å². The summed E-state index contributed by atoms with van der Waals surface area (Å²) in [5.41, 5.74) is 1.24. The molecule has 0 fully saturated rings. The number of nitrogens with zero attached hydrogens (tertiary/aromatic N) is 2. The standard InChI is InChI=1S/C13H17BrN2O2S/c1-13(2,19(4,17)18)9-16(3)12-6-5-11(14)7-10(12)8-15/h5-7H,9H2,1-4H3. The molecule has 0 aliphatic rings. The number of rotatable bonds is 4. The van der Waals surface area contributed by atoms with Gasteiger partial charge in [-0.15, -0.1) is 0 Å². The maximum atomic E-state index is 11.7. The summed E-state index contributed by atoms with van der Waals surface area (Å²) in [6.45, 7) is 3.69. The second-order valence-corrected chi connectivity index (χ2v) is 8.73. The summed E-state index contributed by atoms with van der Waals surface area (Å²) in [5, 5.41) is 9.13. The molecule has 0 heterocycles. The second-order valence-electron chi connectivity index (χ2n) is 5.16.